The summed E-state index contributed by atoms with van der Waals surface area (Å²) in [6.45, 7) is 2.35. The molecule has 0 bridgehead atoms. The maximum absolute atomic E-state index is 12.5. The van der Waals surface area contributed by atoms with E-state index in [0.29, 0.717) is 12.2 Å². The molecule has 0 aliphatic carbocycles. The maximum atomic E-state index is 12.5. The Morgan fingerprint density at radius 1 is 1.46 bits per heavy atom. The van der Waals surface area contributed by atoms with E-state index in [1.807, 2.05) is 6.07 Å². The average molecular weight is 329 g/mol. The predicted molar refractivity (Wildman–Crippen MR) is 85.1 cm³/mol. The van der Waals surface area contributed by atoms with E-state index >= 15 is 0 Å². The highest BCUT2D eigenvalue weighted by atomic mass is 16.3. The smallest absolute Gasteiger partial charge is 0.289 e. The lowest BCUT2D eigenvalue weighted by Crippen LogP contribution is -2.45. The number of aromatic nitrogens is 1. The number of furan rings is 1. The van der Waals surface area contributed by atoms with Crippen LogP contribution in [0.3, 0.4) is 0 Å². The normalized spacial score (nSPS) is 17.9. The van der Waals surface area contributed by atoms with Crippen molar-refractivity contribution in [3.8, 4) is 0 Å². The molecule has 1 aliphatic rings. The molecular weight excluding hydrogens is 310 g/mol. The van der Waals surface area contributed by atoms with Gasteiger partial charge in [0.2, 0.25) is 5.91 Å². The van der Waals surface area contributed by atoms with Crippen LogP contribution in [0, 0.1) is 0 Å². The summed E-state index contributed by atoms with van der Waals surface area (Å²) in [6.07, 6.45) is 2.44. The van der Waals surface area contributed by atoms with Crippen LogP contribution >= 0.6 is 0 Å². The molecule has 2 unspecified atom stereocenters. The molecule has 3 rings (SSSR count). The Bertz CT molecular complexity index is 727. The van der Waals surface area contributed by atoms with Crippen LogP contribution in [0.4, 0.5) is 0 Å². The summed E-state index contributed by atoms with van der Waals surface area (Å²) in [7, 11) is 0. The van der Waals surface area contributed by atoms with Gasteiger partial charge in [0, 0.05) is 25.8 Å². The third kappa shape index (κ3) is 3.30. The molecular formula is C17H19N3O4. The summed E-state index contributed by atoms with van der Waals surface area (Å²) in [5, 5.41) is 12.0. The Balaban J connectivity index is 1.84. The van der Waals surface area contributed by atoms with E-state index in [1.54, 1.807) is 36.2 Å². The van der Waals surface area contributed by atoms with Crippen molar-refractivity contribution in [3.05, 3.63) is 53.7 Å². The van der Waals surface area contributed by atoms with Crippen molar-refractivity contribution in [2.24, 2.45) is 0 Å². The Kier molecular flexibility index (Phi) is 4.61. The van der Waals surface area contributed by atoms with Crippen molar-refractivity contribution in [2.45, 2.75) is 25.5 Å². The first-order chi connectivity index (χ1) is 11.6. The van der Waals surface area contributed by atoms with Crippen molar-refractivity contribution < 1.29 is 19.1 Å². The molecule has 0 saturated carbocycles. The highest BCUT2D eigenvalue weighted by Gasteiger charge is 2.34. The highest BCUT2D eigenvalue weighted by Crippen LogP contribution is 2.27. The number of pyridine rings is 1. The molecule has 0 saturated heterocycles. The van der Waals surface area contributed by atoms with Crippen LogP contribution in [-0.4, -0.2) is 46.0 Å². The Hall–Kier alpha value is -2.67. The SMILES string of the molecule is CC(O)CNC(=O)C1CN(C(=O)c2ccco2)Cc2cccnc21. The van der Waals surface area contributed by atoms with Crippen LogP contribution in [-0.2, 0) is 11.3 Å². The number of fused-ring (bicyclic) bond motifs is 1. The largest absolute Gasteiger partial charge is 0.459 e. The number of amides is 2. The number of nitrogens with zero attached hydrogens (tertiary/aromatic N) is 2. The van der Waals surface area contributed by atoms with Gasteiger partial charge in [0.05, 0.1) is 24.0 Å². The van der Waals surface area contributed by atoms with E-state index in [-0.39, 0.29) is 30.7 Å². The number of carbonyl (C=O) groups is 2. The van der Waals surface area contributed by atoms with Crippen LogP contribution in [0.15, 0.2) is 41.1 Å². The third-order valence-electron chi connectivity index (χ3n) is 3.93. The first-order valence-electron chi connectivity index (χ1n) is 7.78. The number of aliphatic hydroxyl groups is 1. The van der Waals surface area contributed by atoms with E-state index in [9.17, 15) is 14.7 Å². The zero-order valence-corrected chi connectivity index (χ0v) is 13.3. The number of nitrogens with one attached hydrogen (secondary N) is 1. The van der Waals surface area contributed by atoms with Crippen molar-refractivity contribution in [1.29, 1.82) is 0 Å². The van der Waals surface area contributed by atoms with Crippen molar-refractivity contribution in [2.75, 3.05) is 13.1 Å². The van der Waals surface area contributed by atoms with Crippen LogP contribution in [0.1, 0.15) is 34.7 Å². The Labute approximate surface area is 139 Å². The van der Waals surface area contributed by atoms with E-state index in [0.717, 1.165) is 5.56 Å². The minimum atomic E-state index is -0.637. The molecule has 2 amide bonds. The molecule has 7 nitrogen and oxygen atoms in total. The van der Waals surface area contributed by atoms with Gasteiger partial charge in [-0.15, -0.1) is 0 Å². The lowest BCUT2D eigenvalue weighted by atomic mass is 9.93. The van der Waals surface area contributed by atoms with Crippen LogP contribution in [0.2, 0.25) is 0 Å². The molecule has 7 heteroatoms. The van der Waals surface area contributed by atoms with Crippen molar-refractivity contribution in [3.63, 3.8) is 0 Å². The second kappa shape index (κ2) is 6.84. The molecule has 3 heterocycles. The topological polar surface area (TPSA) is 95.7 Å². The van der Waals surface area contributed by atoms with Gasteiger partial charge < -0.3 is 19.7 Å². The van der Waals surface area contributed by atoms with Gasteiger partial charge in [-0.25, -0.2) is 0 Å². The number of rotatable bonds is 4. The molecule has 0 radical (unpaired) electrons. The monoisotopic (exact) mass is 329 g/mol. The maximum Gasteiger partial charge on any atom is 0.289 e. The fraction of sp³-hybridized carbons (Fsp3) is 0.353. The zero-order valence-electron chi connectivity index (χ0n) is 13.3. The molecule has 2 aromatic rings. The van der Waals surface area contributed by atoms with Crippen molar-refractivity contribution in [1.82, 2.24) is 15.2 Å². The first kappa shape index (κ1) is 16.2. The van der Waals surface area contributed by atoms with Crippen LogP contribution < -0.4 is 5.32 Å². The number of hydrogen-bond acceptors (Lipinski definition) is 5. The van der Waals surface area contributed by atoms with E-state index in [2.05, 4.69) is 10.3 Å². The summed E-state index contributed by atoms with van der Waals surface area (Å²) in [5.74, 6) is -0.853. The minimum Gasteiger partial charge on any atom is -0.459 e. The molecule has 1 aliphatic heterocycles. The first-order valence-corrected chi connectivity index (χ1v) is 7.78. The molecule has 126 valence electrons. The summed E-state index contributed by atoms with van der Waals surface area (Å²) in [4.78, 5) is 30.9. The Morgan fingerprint density at radius 2 is 2.29 bits per heavy atom. The van der Waals surface area contributed by atoms with Crippen LogP contribution in [0.5, 0.6) is 0 Å². The molecule has 0 spiro atoms. The lowest BCUT2D eigenvalue weighted by molar-refractivity contribution is -0.123. The number of aliphatic hydroxyl groups excluding tert-OH is 1. The number of carbonyl (C=O) groups excluding carboxylic acids is 2. The summed E-state index contributed by atoms with van der Waals surface area (Å²) in [5.41, 5.74) is 1.50. The van der Waals surface area contributed by atoms with Crippen molar-refractivity contribution >= 4 is 11.8 Å². The van der Waals surface area contributed by atoms with Gasteiger partial charge in [0.1, 0.15) is 0 Å². The average Bonchev–Trinajstić information content (AvgIpc) is 3.12. The van der Waals surface area contributed by atoms with E-state index in [1.165, 1.54) is 6.26 Å². The molecule has 24 heavy (non-hydrogen) atoms. The lowest BCUT2D eigenvalue weighted by Gasteiger charge is -2.32. The molecule has 2 atom stereocenters. The summed E-state index contributed by atoms with van der Waals surface area (Å²) >= 11 is 0. The highest BCUT2D eigenvalue weighted by molar-refractivity contribution is 5.93. The van der Waals surface area contributed by atoms with E-state index < -0.39 is 12.0 Å². The zero-order chi connectivity index (χ0) is 17.1. The van der Waals surface area contributed by atoms with Gasteiger partial charge in [-0.1, -0.05) is 6.07 Å². The van der Waals surface area contributed by atoms with Gasteiger partial charge >= 0.3 is 0 Å². The number of hydrogen-bond donors (Lipinski definition) is 2. The molecule has 2 aromatic heterocycles. The van der Waals surface area contributed by atoms with Gasteiger partial charge in [-0.3, -0.25) is 14.6 Å². The molecule has 0 fully saturated rings. The Morgan fingerprint density at radius 3 is 3.00 bits per heavy atom. The van der Waals surface area contributed by atoms with E-state index in [4.69, 9.17) is 4.42 Å². The van der Waals surface area contributed by atoms with Gasteiger partial charge in [0.15, 0.2) is 5.76 Å². The summed E-state index contributed by atoms with van der Waals surface area (Å²) < 4.78 is 5.17. The minimum absolute atomic E-state index is 0.156. The second-order valence-corrected chi connectivity index (χ2v) is 5.86. The summed E-state index contributed by atoms with van der Waals surface area (Å²) in [6, 6.07) is 6.90. The predicted octanol–water partition coefficient (Wildman–Crippen LogP) is 0.911. The van der Waals surface area contributed by atoms with Gasteiger partial charge in [-0.2, -0.15) is 0 Å². The fourth-order valence-corrected chi connectivity index (χ4v) is 2.76. The van der Waals surface area contributed by atoms with Gasteiger partial charge in [-0.05, 0) is 30.7 Å². The van der Waals surface area contributed by atoms with Gasteiger partial charge in [0.25, 0.3) is 5.91 Å². The molecule has 0 aromatic carbocycles. The quantitative estimate of drug-likeness (QED) is 0.869. The molecule has 2 N–H and O–H groups in total. The standard InChI is InChI=1S/C17H19N3O4/c1-11(21)8-19-16(22)13-10-20(17(23)14-5-3-7-24-14)9-12-4-2-6-18-15(12)13/h2-7,11,13,21H,8-10H2,1H3,(H,19,22). The second-order valence-electron chi connectivity index (χ2n) is 5.86. The van der Waals surface area contributed by atoms with Crippen LogP contribution in [0.25, 0.3) is 0 Å². The third-order valence-corrected chi connectivity index (χ3v) is 3.93. The fourth-order valence-electron chi connectivity index (χ4n) is 2.76.